The molecule has 2 aromatic rings. The van der Waals surface area contributed by atoms with E-state index in [1.165, 1.54) is 0 Å². The second-order valence-corrected chi connectivity index (χ2v) is 5.25. The molecule has 0 bridgehead atoms. The van der Waals surface area contributed by atoms with Gasteiger partial charge in [0.1, 0.15) is 5.75 Å². The van der Waals surface area contributed by atoms with Crippen LogP contribution in [-0.4, -0.2) is 10.9 Å². The van der Waals surface area contributed by atoms with Gasteiger partial charge in [-0.05, 0) is 30.9 Å². The van der Waals surface area contributed by atoms with E-state index in [4.69, 9.17) is 0 Å². The first kappa shape index (κ1) is 13.4. The normalized spacial score (nSPS) is 14.8. The largest absolute Gasteiger partial charge is 0.506 e. The molecule has 2 aromatic carbocycles. The number of carbonyl (C=O) groups excluding carboxylic acids is 1. The van der Waals surface area contributed by atoms with Gasteiger partial charge in [-0.2, -0.15) is 0 Å². The molecule has 1 saturated carbocycles. The molecule has 0 atom stereocenters. The molecule has 3 rings (SSSR count). The summed E-state index contributed by atoms with van der Waals surface area (Å²) in [6.45, 7) is 0. The number of hydrogen-bond donors (Lipinski definition) is 2. The molecule has 0 radical (unpaired) electrons. The SMILES string of the molecule is O=C(/C=C(\Nc1ccccc1O)C1CC1)c1ccccc1. The lowest BCUT2D eigenvalue weighted by molar-refractivity contribution is 0.104. The number of ketones is 1. The standard InChI is InChI=1S/C18H17NO2/c20-17-9-5-4-8-15(17)19-16(13-10-11-13)12-18(21)14-6-2-1-3-7-14/h1-9,12-13,19-20H,10-11H2/b16-12-. The maximum Gasteiger partial charge on any atom is 0.187 e. The van der Waals surface area contributed by atoms with Gasteiger partial charge in [0.2, 0.25) is 0 Å². The van der Waals surface area contributed by atoms with Crippen LogP contribution < -0.4 is 5.32 Å². The van der Waals surface area contributed by atoms with Crippen LogP contribution in [-0.2, 0) is 0 Å². The Kier molecular flexibility index (Phi) is 3.73. The Balaban J connectivity index is 1.83. The van der Waals surface area contributed by atoms with Gasteiger partial charge in [0.25, 0.3) is 0 Å². The van der Waals surface area contributed by atoms with Crippen LogP contribution in [0.1, 0.15) is 23.2 Å². The van der Waals surface area contributed by atoms with Crippen LogP contribution in [0.4, 0.5) is 5.69 Å². The number of aromatic hydroxyl groups is 1. The quantitative estimate of drug-likeness (QED) is 0.494. The summed E-state index contributed by atoms with van der Waals surface area (Å²) < 4.78 is 0. The summed E-state index contributed by atoms with van der Waals surface area (Å²) >= 11 is 0. The molecule has 0 spiro atoms. The highest BCUT2D eigenvalue weighted by Gasteiger charge is 2.27. The van der Waals surface area contributed by atoms with E-state index < -0.39 is 0 Å². The van der Waals surface area contributed by atoms with Crippen molar-refractivity contribution in [3.05, 3.63) is 71.9 Å². The van der Waals surface area contributed by atoms with Crippen molar-refractivity contribution in [2.75, 3.05) is 5.32 Å². The Morgan fingerprint density at radius 1 is 1.05 bits per heavy atom. The molecule has 0 heterocycles. The third-order valence-electron chi connectivity index (χ3n) is 3.55. The minimum Gasteiger partial charge on any atom is -0.506 e. The van der Waals surface area contributed by atoms with Gasteiger partial charge in [-0.3, -0.25) is 4.79 Å². The molecule has 0 saturated heterocycles. The highest BCUT2D eigenvalue weighted by Crippen LogP contribution is 2.38. The number of phenolic OH excluding ortho intramolecular Hbond substituents is 1. The maximum absolute atomic E-state index is 12.3. The minimum absolute atomic E-state index is 0.0135. The van der Waals surface area contributed by atoms with Crippen LogP contribution in [0.3, 0.4) is 0 Å². The zero-order valence-corrected chi connectivity index (χ0v) is 11.6. The molecule has 0 amide bonds. The van der Waals surface area contributed by atoms with Crippen LogP contribution in [0, 0.1) is 5.92 Å². The Hall–Kier alpha value is -2.55. The van der Waals surface area contributed by atoms with Crippen molar-refractivity contribution in [2.45, 2.75) is 12.8 Å². The molecule has 0 unspecified atom stereocenters. The van der Waals surface area contributed by atoms with E-state index in [2.05, 4.69) is 5.32 Å². The Labute approximate surface area is 123 Å². The molecule has 0 aliphatic heterocycles. The van der Waals surface area contributed by atoms with Crippen LogP contribution in [0.5, 0.6) is 5.75 Å². The highest BCUT2D eigenvalue weighted by molar-refractivity contribution is 6.05. The average Bonchev–Trinajstić information content (AvgIpc) is 3.34. The fraction of sp³-hybridized carbons (Fsp3) is 0.167. The summed E-state index contributed by atoms with van der Waals surface area (Å²) in [5.41, 5.74) is 2.19. The molecule has 106 valence electrons. The fourth-order valence-electron chi connectivity index (χ4n) is 2.21. The zero-order chi connectivity index (χ0) is 14.7. The molecule has 2 N–H and O–H groups in total. The number of hydrogen-bond acceptors (Lipinski definition) is 3. The van der Waals surface area contributed by atoms with Crippen LogP contribution in [0.2, 0.25) is 0 Å². The Morgan fingerprint density at radius 2 is 1.71 bits per heavy atom. The van der Waals surface area contributed by atoms with Crippen LogP contribution >= 0.6 is 0 Å². The topological polar surface area (TPSA) is 49.3 Å². The average molecular weight is 279 g/mol. The third-order valence-corrected chi connectivity index (χ3v) is 3.55. The first-order valence-corrected chi connectivity index (χ1v) is 7.10. The summed E-state index contributed by atoms with van der Waals surface area (Å²) in [6.07, 6.45) is 3.81. The van der Waals surface area contributed by atoms with Crippen molar-refractivity contribution in [3.8, 4) is 5.75 Å². The first-order chi connectivity index (χ1) is 10.2. The lowest BCUT2D eigenvalue weighted by atomic mass is 10.1. The van der Waals surface area contributed by atoms with E-state index in [-0.39, 0.29) is 11.5 Å². The lowest BCUT2D eigenvalue weighted by Crippen LogP contribution is -2.06. The predicted molar refractivity (Wildman–Crippen MR) is 83.3 cm³/mol. The second kappa shape index (κ2) is 5.83. The van der Waals surface area contributed by atoms with E-state index in [9.17, 15) is 9.90 Å². The number of rotatable bonds is 5. The number of carbonyl (C=O) groups is 1. The van der Waals surface area contributed by atoms with Crippen molar-refractivity contribution < 1.29 is 9.90 Å². The molecule has 1 aliphatic carbocycles. The van der Waals surface area contributed by atoms with E-state index >= 15 is 0 Å². The summed E-state index contributed by atoms with van der Waals surface area (Å²) in [5.74, 6) is 0.564. The molecule has 1 fully saturated rings. The number of anilines is 1. The van der Waals surface area contributed by atoms with Gasteiger partial charge in [-0.25, -0.2) is 0 Å². The number of allylic oxidation sites excluding steroid dienone is 2. The van der Waals surface area contributed by atoms with Gasteiger partial charge in [0, 0.05) is 17.3 Å². The minimum atomic E-state index is -0.0135. The summed E-state index contributed by atoms with van der Waals surface area (Å²) in [4.78, 5) is 12.3. The predicted octanol–water partition coefficient (Wildman–Crippen LogP) is 3.98. The fourth-order valence-corrected chi connectivity index (χ4v) is 2.21. The molecular weight excluding hydrogens is 262 g/mol. The van der Waals surface area contributed by atoms with Crippen molar-refractivity contribution in [2.24, 2.45) is 5.92 Å². The van der Waals surface area contributed by atoms with E-state index in [0.717, 1.165) is 18.5 Å². The van der Waals surface area contributed by atoms with Crippen molar-refractivity contribution in [1.29, 1.82) is 0 Å². The molecule has 0 aromatic heterocycles. The maximum atomic E-state index is 12.3. The number of para-hydroxylation sites is 2. The van der Waals surface area contributed by atoms with Crippen molar-refractivity contribution in [3.63, 3.8) is 0 Å². The van der Waals surface area contributed by atoms with E-state index in [1.54, 1.807) is 24.3 Å². The highest BCUT2D eigenvalue weighted by atomic mass is 16.3. The van der Waals surface area contributed by atoms with Crippen molar-refractivity contribution in [1.82, 2.24) is 0 Å². The van der Waals surface area contributed by atoms with E-state index in [0.29, 0.717) is 17.2 Å². The van der Waals surface area contributed by atoms with Crippen LogP contribution in [0.15, 0.2) is 66.4 Å². The van der Waals surface area contributed by atoms with Gasteiger partial charge < -0.3 is 10.4 Å². The molecule has 3 nitrogen and oxygen atoms in total. The van der Waals surface area contributed by atoms with E-state index in [1.807, 2.05) is 36.4 Å². The third kappa shape index (κ3) is 3.31. The Morgan fingerprint density at radius 3 is 2.38 bits per heavy atom. The second-order valence-electron chi connectivity index (χ2n) is 5.25. The van der Waals surface area contributed by atoms with Crippen molar-refractivity contribution >= 4 is 11.5 Å². The molecule has 1 aliphatic rings. The summed E-state index contributed by atoms with van der Waals surface area (Å²) in [6, 6.07) is 16.3. The molecule has 3 heteroatoms. The number of phenols is 1. The Bertz CT molecular complexity index is 673. The number of benzene rings is 2. The van der Waals surface area contributed by atoms with Gasteiger partial charge in [-0.15, -0.1) is 0 Å². The molecular formula is C18H17NO2. The van der Waals surface area contributed by atoms with Crippen LogP contribution in [0.25, 0.3) is 0 Å². The van der Waals surface area contributed by atoms with Gasteiger partial charge in [0.05, 0.1) is 5.69 Å². The summed E-state index contributed by atoms with van der Waals surface area (Å²) in [7, 11) is 0. The smallest absolute Gasteiger partial charge is 0.187 e. The zero-order valence-electron chi connectivity index (χ0n) is 11.6. The van der Waals surface area contributed by atoms with Gasteiger partial charge >= 0.3 is 0 Å². The lowest BCUT2D eigenvalue weighted by Gasteiger charge is -2.11. The summed E-state index contributed by atoms with van der Waals surface area (Å²) in [5, 5.41) is 13.0. The first-order valence-electron chi connectivity index (χ1n) is 7.10. The van der Waals surface area contributed by atoms with Gasteiger partial charge in [0.15, 0.2) is 5.78 Å². The molecule has 21 heavy (non-hydrogen) atoms. The van der Waals surface area contributed by atoms with Gasteiger partial charge in [-0.1, -0.05) is 42.5 Å². The monoisotopic (exact) mass is 279 g/mol. The number of nitrogens with one attached hydrogen (secondary N) is 1.